The Morgan fingerprint density at radius 3 is 2.70 bits per heavy atom. The van der Waals surface area contributed by atoms with Crippen molar-refractivity contribution in [2.45, 2.75) is 6.92 Å². The number of aromatic hydroxyl groups is 1. The maximum Gasteiger partial charge on any atom is 0.236 e. The first-order chi connectivity index (χ1) is 15.7. The SMILES string of the molecule is Cc1ccnc(-n2c3[c-]c(Oc4cnc5cccc(O)c5n4)ccc3c3ccccc32)c1.[Pt]. The molecular weight excluding hydrogens is 595 g/mol. The number of benzene rings is 3. The number of phenols is 1. The van der Waals surface area contributed by atoms with Gasteiger partial charge in [-0.25, -0.2) is 15.0 Å². The molecule has 0 fully saturated rings. The predicted molar refractivity (Wildman–Crippen MR) is 123 cm³/mol. The zero-order chi connectivity index (χ0) is 21.7. The van der Waals surface area contributed by atoms with Crippen molar-refractivity contribution >= 4 is 32.8 Å². The van der Waals surface area contributed by atoms with Gasteiger partial charge >= 0.3 is 0 Å². The van der Waals surface area contributed by atoms with Gasteiger partial charge in [-0.15, -0.1) is 17.5 Å². The first-order valence-electron chi connectivity index (χ1n) is 10.2. The van der Waals surface area contributed by atoms with E-state index in [0.717, 1.165) is 33.2 Å². The number of hydrogen-bond acceptors (Lipinski definition) is 5. The number of aromatic nitrogens is 4. The maximum absolute atomic E-state index is 10.1. The molecule has 0 bridgehead atoms. The van der Waals surface area contributed by atoms with Crippen LogP contribution in [0.3, 0.4) is 0 Å². The Morgan fingerprint density at radius 1 is 0.939 bits per heavy atom. The van der Waals surface area contributed by atoms with E-state index in [-0.39, 0.29) is 32.7 Å². The Labute approximate surface area is 203 Å². The van der Waals surface area contributed by atoms with Crippen LogP contribution in [0.25, 0.3) is 38.7 Å². The number of hydrogen-bond donors (Lipinski definition) is 1. The van der Waals surface area contributed by atoms with E-state index in [1.807, 2.05) is 49.5 Å². The van der Waals surface area contributed by atoms with Crippen LogP contribution in [0.2, 0.25) is 0 Å². The van der Waals surface area contributed by atoms with Crippen LogP contribution in [0.1, 0.15) is 5.56 Å². The predicted octanol–water partition coefficient (Wildman–Crippen LogP) is 5.73. The van der Waals surface area contributed by atoms with E-state index in [1.165, 1.54) is 6.20 Å². The molecule has 0 saturated heterocycles. The van der Waals surface area contributed by atoms with Gasteiger partial charge in [-0.3, -0.25) is 0 Å². The fraction of sp³-hybridized carbons (Fsp3) is 0.0385. The molecule has 3 heterocycles. The molecule has 0 aliphatic rings. The molecule has 0 aliphatic carbocycles. The van der Waals surface area contributed by atoms with E-state index < -0.39 is 0 Å². The van der Waals surface area contributed by atoms with Gasteiger partial charge in [0.05, 0.1) is 11.7 Å². The summed E-state index contributed by atoms with van der Waals surface area (Å²) in [6.45, 7) is 2.05. The molecule has 33 heavy (non-hydrogen) atoms. The molecule has 0 amide bonds. The summed E-state index contributed by atoms with van der Waals surface area (Å²) in [5, 5.41) is 12.3. The molecule has 0 radical (unpaired) electrons. The first kappa shape index (κ1) is 21.1. The average molecular weight is 613 g/mol. The van der Waals surface area contributed by atoms with Crippen molar-refractivity contribution in [2.75, 3.05) is 0 Å². The van der Waals surface area contributed by atoms with Crippen LogP contribution in [0.15, 0.2) is 79.1 Å². The molecule has 6 rings (SSSR count). The molecule has 0 aliphatic heterocycles. The third kappa shape index (κ3) is 3.62. The van der Waals surface area contributed by atoms with Crippen molar-refractivity contribution in [3.05, 3.63) is 90.8 Å². The summed E-state index contributed by atoms with van der Waals surface area (Å²) >= 11 is 0. The smallest absolute Gasteiger partial charge is 0.236 e. The second-order valence-corrected chi connectivity index (χ2v) is 7.58. The first-order valence-corrected chi connectivity index (χ1v) is 10.2. The van der Waals surface area contributed by atoms with Gasteiger partial charge in [0.2, 0.25) is 5.88 Å². The fourth-order valence-electron chi connectivity index (χ4n) is 3.98. The van der Waals surface area contributed by atoms with Gasteiger partial charge < -0.3 is 14.4 Å². The van der Waals surface area contributed by atoms with E-state index in [2.05, 4.69) is 37.7 Å². The number of nitrogens with zero attached hydrogens (tertiary/aromatic N) is 4. The minimum atomic E-state index is 0. The van der Waals surface area contributed by atoms with Crippen LogP contribution in [0.5, 0.6) is 17.4 Å². The molecule has 7 heteroatoms. The van der Waals surface area contributed by atoms with Crippen LogP contribution in [-0.4, -0.2) is 24.6 Å². The molecule has 0 unspecified atom stereocenters. The molecule has 6 nitrogen and oxygen atoms in total. The van der Waals surface area contributed by atoms with Gasteiger partial charge in [-0.2, -0.15) is 6.07 Å². The fourth-order valence-corrected chi connectivity index (χ4v) is 3.98. The van der Waals surface area contributed by atoms with Crippen molar-refractivity contribution in [2.24, 2.45) is 0 Å². The summed E-state index contributed by atoms with van der Waals surface area (Å²) in [7, 11) is 0. The minimum Gasteiger partial charge on any atom is -0.506 e. The second kappa shape index (κ2) is 8.30. The summed E-state index contributed by atoms with van der Waals surface area (Å²) in [4.78, 5) is 13.3. The summed E-state index contributed by atoms with van der Waals surface area (Å²) < 4.78 is 8.07. The standard InChI is InChI=1S/C26H17N4O2.Pt/c1-16-11-12-27-24(13-16)30-21-7-3-2-5-18(21)19-10-9-17(14-22(19)30)32-25-15-28-20-6-4-8-23(31)26(20)29-25;/h2-13,15,31H,1H3;/q-1;. The summed E-state index contributed by atoms with van der Waals surface area (Å²) in [5.41, 5.74) is 4.02. The molecule has 6 aromatic rings. The minimum absolute atomic E-state index is 0. The summed E-state index contributed by atoms with van der Waals surface area (Å²) in [6, 6.07) is 24.6. The van der Waals surface area contributed by atoms with Crippen molar-refractivity contribution in [3.8, 4) is 23.2 Å². The Bertz CT molecular complexity index is 1640. The van der Waals surface area contributed by atoms with Gasteiger partial charge in [-0.1, -0.05) is 29.8 Å². The van der Waals surface area contributed by atoms with Crippen molar-refractivity contribution in [1.29, 1.82) is 0 Å². The maximum atomic E-state index is 10.1. The van der Waals surface area contributed by atoms with Gasteiger partial charge in [-0.05, 0) is 48.2 Å². The van der Waals surface area contributed by atoms with Gasteiger partial charge in [0, 0.05) is 38.5 Å². The Morgan fingerprint density at radius 2 is 1.82 bits per heavy atom. The van der Waals surface area contributed by atoms with E-state index >= 15 is 0 Å². The molecular formula is C26H17N4O2Pt-. The zero-order valence-corrected chi connectivity index (χ0v) is 19.7. The van der Waals surface area contributed by atoms with Gasteiger partial charge in [0.1, 0.15) is 17.1 Å². The topological polar surface area (TPSA) is 73.1 Å². The molecule has 1 N–H and O–H groups in total. The van der Waals surface area contributed by atoms with Crippen LogP contribution < -0.4 is 4.74 Å². The molecule has 0 saturated carbocycles. The Hall–Kier alpha value is -3.76. The van der Waals surface area contributed by atoms with E-state index in [1.54, 1.807) is 18.2 Å². The Kier molecular flexibility index (Phi) is 5.31. The van der Waals surface area contributed by atoms with Crippen molar-refractivity contribution in [1.82, 2.24) is 19.5 Å². The summed E-state index contributed by atoms with van der Waals surface area (Å²) in [5.74, 6) is 1.66. The van der Waals surface area contributed by atoms with Crippen LogP contribution in [0.4, 0.5) is 0 Å². The number of para-hydroxylation sites is 2. The number of aryl methyl sites for hydroxylation is 1. The molecule has 3 aromatic heterocycles. The van der Waals surface area contributed by atoms with E-state index in [9.17, 15) is 5.11 Å². The number of pyridine rings is 1. The van der Waals surface area contributed by atoms with E-state index in [4.69, 9.17) is 4.74 Å². The molecule has 3 aromatic carbocycles. The monoisotopic (exact) mass is 612 g/mol. The number of rotatable bonds is 3. The van der Waals surface area contributed by atoms with Crippen LogP contribution in [-0.2, 0) is 21.1 Å². The van der Waals surface area contributed by atoms with Crippen LogP contribution in [0, 0.1) is 13.0 Å². The third-order valence-electron chi connectivity index (χ3n) is 5.43. The Balaban J connectivity index is 0.00000228. The van der Waals surface area contributed by atoms with E-state index in [0.29, 0.717) is 16.8 Å². The van der Waals surface area contributed by atoms with Crippen LogP contribution >= 0.6 is 0 Å². The molecule has 0 atom stereocenters. The normalized spacial score (nSPS) is 11.1. The number of fused-ring (bicyclic) bond motifs is 4. The average Bonchev–Trinajstić information content (AvgIpc) is 3.13. The van der Waals surface area contributed by atoms with Crippen molar-refractivity contribution in [3.63, 3.8) is 0 Å². The third-order valence-corrected chi connectivity index (χ3v) is 5.43. The number of phenolic OH excluding ortho intramolecular Hbond substituents is 1. The largest absolute Gasteiger partial charge is 0.506 e. The molecule has 164 valence electrons. The zero-order valence-electron chi connectivity index (χ0n) is 17.5. The quantitative estimate of drug-likeness (QED) is 0.259. The molecule has 0 spiro atoms. The van der Waals surface area contributed by atoms with Gasteiger partial charge in [0.15, 0.2) is 0 Å². The van der Waals surface area contributed by atoms with Crippen molar-refractivity contribution < 1.29 is 30.9 Å². The second-order valence-electron chi connectivity index (χ2n) is 7.58. The van der Waals surface area contributed by atoms with Gasteiger partial charge in [0.25, 0.3) is 0 Å². The summed E-state index contributed by atoms with van der Waals surface area (Å²) in [6.07, 6.45) is 3.35. The number of ether oxygens (including phenoxy) is 1.